The smallest absolute Gasteiger partial charge is 0.222 e. The second-order valence-corrected chi connectivity index (χ2v) is 7.02. The van der Waals surface area contributed by atoms with Crippen LogP contribution in [-0.2, 0) is 17.8 Å². The number of carbonyl (C=O) groups is 1. The van der Waals surface area contributed by atoms with Crippen LogP contribution in [-0.4, -0.2) is 39.2 Å². The molecule has 0 saturated carbocycles. The Morgan fingerprint density at radius 2 is 1.38 bits per heavy atom. The molecule has 0 N–H and O–H groups in total. The van der Waals surface area contributed by atoms with Crippen LogP contribution in [0.15, 0.2) is 54.6 Å². The lowest BCUT2D eigenvalue weighted by Crippen LogP contribution is -2.26. The summed E-state index contributed by atoms with van der Waals surface area (Å²) in [7, 11) is 6.75. The van der Waals surface area contributed by atoms with Gasteiger partial charge < -0.3 is 19.1 Å². The first-order chi connectivity index (χ1) is 14.0. The zero-order chi connectivity index (χ0) is 20.8. The number of hydrogen-bond acceptors (Lipinski definition) is 4. The lowest BCUT2D eigenvalue weighted by Gasteiger charge is -2.18. The minimum atomic E-state index is 0.0987. The highest BCUT2D eigenvalue weighted by Gasteiger charge is 2.11. The summed E-state index contributed by atoms with van der Waals surface area (Å²) >= 11 is 0. The second-order valence-electron chi connectivity index (χ2n) is 7.02. The van der Waals surface area contributed by atoms with Crippen LogP contribution in [0.4, 0.5) is 0 Å². The molecule has 0 aliphatic rings. The molecule has 0 fully saturated rings. The highest BCUT2D eigenvalue weighted by molar-refractivity contribution is 5.84. The number of aryl methyl sites for hydroxylation is 1. The molecular formula is C24H27NO4. The van der Waals surface area contributed by atoms with Gasteiger partial charge in [-0.15, -0.1) is 0 Å². The third-order valence-electron chi connectivity index (χ3n) is 5.00. The molecule has 29 heavy (non-hydrogen) atoms. The van der Waals surface area contributed by atoms with Crippen molar-refractivity contribution in [2.75, 3.05) is 28.4 Å². The molecule has 5 heteroatoms. The number of rotatable bonds is 8. The predicted octanol–water partition coefficient (Wildman–Crippen LogP) is 4.46. The van der Waals surface area contributed by atoms with E-state index in [0.29, 0.717) is 19.4 Å². The summed E-state index contributed by atoms with van der Waals surface area (Å²) in [6.07, 6.45) is 1.06. The molecule has 0 unspecified atom stereocenters. The Balaban J connectivity index is 1.62. The molecule has 0 heterocycles. The van der Waals surface area contributed by atoms with Gasteiger partial charge in [-0.3, -0.25) is 4.79 Å². The SMILES string of the molecule is COc1cc(CCC(=O)N(C)Cc2ccc3cc(OC)ccc3c2)cc(OC)c1. The highest BCUT2D eigenvalue weighted by atomic mass is 16.5. The fraction of sp³-hybridized carbons (Fsp3) is 0.292. The van der Waals surface area contributed by atoms with Crippen molar-refractivity contribution in [1.29, 1.82) is 0 Å². The van der Waals surface area contributed by atoms with E-state index in [0.717, 1.165) is 39.1 Å². The number of amides is 1. The second kappa shape index (κ2) is 9.32. The molecule has 3 aromatic rings. The Bertz CT molecular complexity index is 977. The van der Waals surface area contributed by atoms with Gasteiger partial charge in [0.1, 0.15) is 17.2 Å². The van der Waals surface area contributed by atoms with Crippen molar-refractivity contribution in [3.8, 4) is 17.2 Å². The summed E-state index contributed by atoms with van der Waals surface area (Å²) in [5, 5.41) is 2.25. The molecule has 1 amide bonds. The number of fused-ring (bicyclic) bond motifs is 1. The highest BCUT2D eigenvalue weighted by Crippen LogP contribution is 2.24. The monoisotopic (exact) mass is 393 g/mol. The van der Waals surface area contributed by atoms with Crippen LogP contribution >= 0.6 is 0 Å². The van der Waals surface area contributed by atoms with Crippen LogP contribution in [0.25, 0.3) is 10.8 Å². The topological polar surface area (TPSA) is 48.0 Å². The molecule has 0 radical (unpaired) electrons. The van der Waals surface area contributed by atoms with E-state index in [1.165, 1.54) is 0 Å². The number of ether oxygens (including phenoxy) is 3. The molecule has 0 aliphatic carbocycles. The summed E-state index contributed by atoms with van der Waals surface area (Å²) in [5.41, 5.74) is 2.11. The van der Waals surface area contributed by atoms with Crippen LogP contribution in [0.5, 0.6) is 17.2 Å². The third kappa shape index (κ3) is 5.19. The summed E-state index contributed by atoms with van der Waals surface area (Å²) in [6.45, 7) is 0.572. The van der Waals surface area contributed by atoms with Crippen molar-refractivity contribution in [1.82, 2.24) is 4.90 Å². The average Bonchev–Trinajstić information content (AvgIpc) is 2.76. The van der Waals surface area contributed by atoms with Gasteiger partial charge in [0.05, 0.1) is 21.3 Å². The van der Waals surface area contributed by atoms with E-state index in [-0.39, 0.29) is 5.91 Å². The molecule has 3 rings (SSSR count). The number of benzene rings is 3. The van der Waals surface area contributed by atoms with Crippen LogP contribution < -0.4 is 14.2 Å². The number of carbonyl (C=O) groups excluding carboxylic acids is 1. The maximum atomic E-state index is 12.6. The number of hydrogen-bond donors (Lipinski definition) is 0. The van der Waals surface area contributed by atoms with E-state index in [4.69, 9.17) is 14.2 Å². The number of nitrogens with zero attached hydrogens (tertiary/aromatic N) is 1. The summed E-state index contributed by atoms with van der Waals surface area (Å²) in [5.74, 6) is 2.40. The van der Waals surface area contributed by atoms with E-state index >= 15 is 0 Å². The maximum absolute atomic E-state index is 12.6. The van der Waals surface area contributed by atoms with Gasteiger partial charge in [0, 0.05) is 26.1 Å². The van der Waals surface area contributed by atoms with Gasteiger partial charge in [-0.2, -0.15) is 0 Å². The molecular weight excluding hydrogens is 366 g/mol. The van der Waals surface area contributed by atoms with E-state index < -0.39 is 0 Å². The van der Waals surface area contributed by atoms with Crippen molar-refractivity contribution in [2.45, 2.75) is 19.4 Å². The standard InChI is InChI=1S/C24H27NO4/c1-25(16-18-5-7-20-14-21(27-2)9-8-19(20)11-18)24(26)10-6-17-12-22(28-3)15-23(13-17)29-4/h5,7-9,11-15H,6,10,16H2,1-4H3. The fourth-order valence-corrected chi connectivity index (χ4v) is 3.31. The van der Waals surface area contributed by atoms with Gasteiger partial charge in [0.2, 0.25) is 5.91 Å². The Morgan fingerprint density at radius 1 is 0.759 bits per heavy atom. The molecule has 0 bridgehead atoms. The van der Waals surface area contributed by atoms with Crippen molar-refractivity contribution in [3.63, 3.8) is 0 Å². The largest absolute Gasteiger partial charge is 0.497 e. The summed E-state index contributed by atoms with van der Waals surface area (Å²) < 4.78 is 15.9. The predicted molar refractivity (Wildman–Crippen MR) is 115 cm³/mol. The van der Waals surface area contributed by atoms with Crippen molar-refractivity contribution in [2.24, 2.45) is 0 Å². The minimum Gasteiger partial charge on any atom is -0.497 e. The molecule has 0 aromatic heterocycles. The van der Waals surface area contributed by atoms with E-state index in [2.05, 4.69) is 18.2 Å². The molecule has 3 aromatic carbocycles. The average molecular weight is 393 g/mol. The van der Waals surface area contributed by atoms with Gasteiger partial charge in [0.25, 0.3) is 0 Å². The lowest BCUT2D eigenvalue weighted by atomic mass is 10.1. The van der Waals surface area contributed by atoms with Crippen LogP contribution in [0, 0.1) is 0 Å². The number of methoxy groups -OCH3 is 3. The molecule has 0 spiro atoms. The Labute approximate surface area is 171 Å². The first-order valence-electron chi connectivity index (χ1n) is 9.55. The van der Waals surface area contributed by atoms with Crippen molar-refractivity contribution >= 4 is 16.7 Å². The van der Waals surface area contributed by atoms with Gasteiger partial charge in [-0.25, -0.2) is 0 Å². The lowest BCUT2D eigenvalue weighted by molar-refractivity contribution is -0.130. The van der Waals surface area contributed by atoms with Crippen molar-refractivity contribution in [3.05, 3.63) is 65.7 Å². The maximum Gasteiger partial charge on any atom is 0.222 e. The molecule has 5 nitrogen and oxygen atoms in total. The summed E-state index contributed by atoms with van der Waals surface area (Å²) in [4.78, 5) is 14.4. The van der Waals surface area contributed by atoms with Gasteiger partial charge >= 0.3 is 0 Å². The Kier molecular flexibility index (Phi) is 6.60. The third-order valence-corrected chi connectivity index (χ3v) is 5.00. The first kappa shape index (κ1) is 20.5. The summed E-state index contributed by atoms with van der Waals surface area (Å²) in [6, 6.07) is 17.9. The minimum absolute atomic E-state index is 0.0987. The van der Waals surface area contributed by atoms with Gasteiger partial charge in [-0.1, -0.05) is 18.2 Å². The van der Waals surface area contributed by atoms with Gasteiger partial charge in [-0.05, 0) is 58.7 Å². The van der Waals surface area contributed by atoms with E-state index in [1.54, 1.807) is 26.2 Å². The normalized spacial score (nSPS) is 10.6. The first-order valence-corrected chi connectivity index (χ1v) is 9.55. The Morgan fingerprint density at radius 3 is 2.03 bits per heavy atom. The van der Waals surface area contributed by atoms with Gasteiger partial charge in [0.15, 0.2) is 0 Å². The van der Waals surface area contributed by atoms with Crippen LogP contribution in [0.3, 0.4) is 0 Å². The van der Waals surface area contributed by atoms with Crippen molar-refractivity contribution < 1.29 is 19.0 Å². The zero-order valence-corrected chi connectivity index (χ0v) is 17.4. The Hall–Kier alpha value is -3.21. The quantitative estimate of drug-likeness (QED) is 0.567. The molecule has 0 aliphatic heterocycles. The van der Waals surface area contributed by atoms with E-state index in [1.807, 2.05) is 43.4 Å². The molecule has 152 valence electrons. The zero-order valence-electron chi connectivity index (χ0n) is 17.4. The van der Waals surface area contributed by atoms with Crippen LogP contribution in [0.1, 0.15) is 17.5 Å². The molecule has 0 saturated heterocycles. The molecule has 0 atom stereocenters. The fourth-order valence-electron chi connectivity index (χ4n) is 3.31. The van der Waals surface area contributed by atoms with Crippen LogP contribution in [0.2, 0.25) is 0 Å². The van der Waals surface area contributed by atoms with E-state index in [9.17, 15) is 4.79 Å².